The van der Waals surface area contributed by atoms with Gasteiger partial charge in [0.1, 0.15) is 0 Å². The molecule has 1 aliphatic heterocycles. The van der Waals surface area contributed by atoms with Crippen molar-refractivity contribution < 1.29 is 13.2 Å². The molecule has 0 unspecified atom stereocenters. The van der Waals surface area contributed by atoms with Gasteiger partial charge in [0.15, 0.2) is 0 Å². The molecule has 1 aromatic heterocycles. The van der Waals surface area contributed by atoms with Crippen molar-refractivity contribution in [1.82, 2.24) is 14.1 Å². The number of carbonyl (C=O) groups is 1. The lowest BCUT2D eigenvalue weighted by Gasteiger charge is -2.20. The summed E-state index contributed by atoms with van der Waals surface area (Å²) in [6.07, 6.45) is 3.92. The van der Waals surface area contributed by atoms with Gasteiger partial charge in [-0.05, 0) is 44.9 Å². The highest BCUT2D eigenvalue weighted by Crippen LogP contribution is 2.23. The molecule has 3 rings (SSSR count). The maximum atomic E-state index is 13.0. The van der Waals surface area contributed by atoms with Crippen molar-refractivity contribution in [1.29, 1.82) is 0 Å². The van der Waals surface area contributed by atoms with E-state index in [1.807, 2.05) is 20.9 Å². The summed E-state index contributed by atoms with van der Waals surface area (Å²) in [7, 11) is -1.70. The standard InChI is InChI=1S/C20H29N5O3S/c1-15-20(16(2)24(3)23-15)22-19(26)14-21-17-9-8-10-18(13-17)29(27,28)25-11-6-4-5-7-12-25/h8-10,13,21H,4-7,11-12,14H2,1-3H3,(H,22,26). The lowest BCUT2D eigenvalue weighted by molar-refractivity contribution is -0.114. The van der Waals surface area contributed by atoms with Crippen molar-refractivity contribution >= 4 is 27.3 Å². The van der Waals surface area contributed by atoms with Crippen LogP contribution in [0.2, 0.25) is 0 Å². The van der Waals surface area contributed by atoms with Gasteiger partial charge in [0.25, 0.3) is 0 Å². The van der Waals surface area contributed by atoms with Gasteiger partial charge in [-0.15, -0.1) is 0 Å². The molecule has 1 amide bonds. The minimum absolute atomic E-state index is 0.0288. The molecule has 2 N–H and O–H groups in total. The Kier molecular flexibility index (Phi) is 6.59. The molecule has 158 valence electrons. The van der Waals surface area contributed by atoms with Gasteiger partial charge in [0, 0.05) is 25.8 Å². The quantitative estimate of drug-likeness (QED) is 0.750. The molecule has 1 aliphatic rings. The molecular formula is C20H29N5O3S. The average Bonchev–Trinajstić information content (AvgIpc) is 2.92. The van der Waals surface area contributed by atoms with Crippen LogP contribution in [0.1, 0.15) is 37.1 Å². The second-order valence-corrected chi connectivity index (χ2v) is 9.36. The number of aromatic nitrogens is 2. The monoisotopic (exact) mass is 419 g/mol. The van der Waals surface area contributed by atoms with Gasteiger partial charge in [-0.1, -0.05) is 18.9 Å². The van der Waals surface area contributed by atoms with E-state index in [4.69, 9.17) is 0 Å². The van der Waals surface area contributed by atoms with Gasteiger partial charge in [0.2, 0.25) is 15.9 Å². The number of aryl methyl sites for hydroxylation is 2. The number of amides is 1. The van der Waals surface area contributed by atoms with Crippen molar-refractivity contribution in [2.75, 3.05) is 30.3 Å². The predicted octanol–water partition coefficient (Wildman–Crippen LogP) is 2.65. The van der Waals surface area contributed by atoms with E-state index in [0.717, 1.165) is 37.1 Å². The molecule has 0 atom stereocenters. The van der Waals surface area contributed by atoms with Gasteiger partial charge >= 0.3 is 0 Å². The first kappa shape index (κ1) is 21.3. The number of hydrogen-bond acceptors (Lipinski definition) is 5. The fraction of sp³-hybridized carbons (Fsp3) is 0.500. The van der Waals surface area contributed by atoms with Crippen LogP contribution in [-0.2, 0) is 21.9 Å². The van der Waals surface area contributed by atoms with Crippen LogP contribution in [-0.4, -0.2) is 48.0 Å². The average molecular weight is 420 g/mol. The highest BCUT2D eigenvalue weighted by molar-refractivity contribution is 7.89. The highest BCUT2D eigenvalue weighted by atomic mass is 32.2. The Morgan fingerprint density at radius 3 is 2.45 bits per heavy atom. The summed E-state index contributed by atoms with van der Waals surface area (Å²) in [4.78, 5) is 12.6. The summed E-state index contributed by atoms with van der Waals surface area (Å²) in [5.41, 5.74) is 2.93. The summed E-state index contributed by atoms with van der Waals surface area (Å²) in [6, 6.07) is 6.65. The number of nitrogens with zero attached hydrogens (tertiary/aromatic N) is 3. The predicted molar refractivity (Wildman–Crippen MR) is 113 cm³/mol. The summed E-state index contributed by atoms with van der Waals surface area (Å²) in [5, 5.41) is 10.2. The fourth-order valence-corrected chi connectivity index (χ4v) is 5.08. The Labute approximate surface area is 172 Å². The summed E-state index contributed by atoms with van der Waals surface area (Å²) in [5.74, 6) is -0.218. The van der Waals surface area contributed by atoms with E-state index in [0.29, 0.717) is 24.5 Å². The van der Waals surface area contributed by atoms with Crippen LogP contribution in [0.4, 0.5) is 11.4 Å². The molecule has 8 nitrogen and oxygen atoms in total. The zero-order valence-electron chi connectivity index (χ0n) is 17.2. The molecular weight excluding hydrogens is 390 g/mol. The van der Waals surface area contributed by atoms with Gasteiger partial charge in [-0.25, -0.2) is 8.42 Å². The van der Waals surface area contributed by atoms with Crippen LogP contribution < -0.4 is 10.6 Å². The first-order valence-electron chi connectivity index (χ1n) is 9.93. The Hall–Kier alpha value is -2.39. The third kappa shape index (κ3) is 4.97. The zero-order chi connectivity index (χ0) is 21.0. The van der Waals surface area contributed by atoms with Gasteiger partial charge in [0.05, 0.1) is 28.5 Å². The van der Waals surface area contributed by atoms with E-state index in [-0.39, 0.29) is 17.3 Å². The molecule has 0 saturated carbocycles. The normalized spacial score (nSPS) is 15.7. The highest BCUT2D eigenvalue weighted by Gasteiger charge is 2.25. The topological polar surface area (TPSA) is 96.3 Å². The first-order valence-corrected chi connectivity index (χ1v) is 11.4. The molecule has 0 spiro atoms. The van der Waals surface area contributed by atoms with E-state index in [2.05, 4.69) is 15.7 Å². The van der Waals surface area contributed by atoms with Crippen LogP contribution in [0.25, 0.3) is 0 Å². The SMILES string of the molecule is Cc1nn(C)c(C)c1NC(=O)CNc1cccc(S(=O)(=O)N2CCCCCC2)c1. The Balaban J connectivity index is 1.66. The van der Waals surface area contributed by atoms with Crippen molar-refractivity contribution in [2.45, 2.75) is 44.4 Å². The van der Waals surface area contributed by atoms with E-state index in [1.165, 1.54) is 0 Å². The summed E-state index contributed by atoms with van der Waals surface area (Å²) < 4.78 is 29.2. The minimum atomic E-state index is -3.52. The fourth-order valence-electron chi connectivity index (χ4n) is 3.52. The smallest absolute Gasteiger partial charge is 0.243 e. The molecule has 9 heteroatoms. The Bertz CT molecular complexity index is 976. The summed E-state index contributed by atoms with van der Waals surface area (Å²) >= 11 is 0. The number of carbonyl (C=O) groups excluding carboxylic acids is 1. The number of nitrogens with one attached hydrogen (secondary N) is 2. The second kappa shape index (κ2) is 8.96. The van der Waals surface area contributed by atoms with Crippen LogP contribution in [0, 0.1) is 13.8 Å². The van der Waals surface area contributed by atoms with E-state index in [9.17, 15) is 13.2 Å². The Morgan fingerprint density at radius 2 is 1.83 bits per heavy atom. The number of hydrogen-bond donors (Lipinski definition) is 2. The van der Waals surface area contributed by atoms with Crippen LogP contribution in [0.15, 0.2) is 29.2 Å². The molecule has 1 saturated heterocycles. The van der Waals surface area contributed by atoms with E-state index in [1.54, 1.807) is 33.3 Å². The Morgan fingerprint density at radius 1 is 1.14 bits per heavy atom. The summed E-state index contributed by atoms with van der Waals surface area (Å²) in [6.45, 7) is 4.88. The van der Waals surface area contributed by atoms with Gasteiger partial charge < -0.3 is 10.6 Å². The van der Waals surface area contributed by atoms with Crippen molar-refractivity contribution in [2.24, 2.45) is 7.05 Å². The lowest BCUT2D eigenvalue weighted by atomic mass is 10.2. The van der Waals surface area contributed by atoms with Crippen LogP contribution in [0.5, 0.6) is 0 Å². The van der Waals surface area contributed by atoms with E-state index < -0.39 is 10.0 Å². The first-order chi connectivity index (χ1) is 13.8. The zero-order valence-corrected chi connectivity index (χ0v) is 18.1. The molecule has 1 aromatic carbocycles. The number of rotatable bonds is 6. The van der Waals surface area contributed by atoms with Crippen molar-refractivity contribution in [3.8, 4) is 0 Å². The third-order valence-electron chi connectivity index (χ3n) is 5.26. The molecule has 1 fully saturated rings. The molecule has 29 heavy (non-hydrogen) atoms. The molecule has 0 aliphatic carbocycles. The lowest BCUT2D eigenvalue weighted by Crippen LogP contribution is -2.32. The van der Waals surface area contributed by atoms with Gasteiger partial charge in [-0.2, -0.15) is 9.40 Å². The van der Waals surface area contributed by atoms with Crippen LogP contribution >= 0.6 is 0 Å². The van der Waals surface area contributed by atoms with Gasteiger partial charge in [-0.3, -0.25) is 9.48 Å². The molecule has 0 bridgehead atoms. The maximum Gasteiger partial charge on any atom is 0.243 e. The minimum Gasteiger partial charge on any atom is -0.376 e. The largest absolute Gasteiger partial charge is 0.376 e. The molecule has 2 aromatic rings. The number of sulfonamides is 1. The van der Waals surface area contributed by atoms with Crippen molar-refractivity contribution in [3.05, 3.63) is 35.7 Å². The molecule has 0 radical (unpaired) electrons. The van der Waals surface area contributed by atoms with Crippen molar-refractivity contribution in [3.63, 3.8) is 0 Å². The second-order valence-electron chi connectivity index (χ2n) is 7.42. The molecule has 2 heterocycles. The maximum absolute atomic E-state index is 13.0. The van der Waals surface area contributed by atoms with E-state index >= 15 is 0 Å². The number of benzene rings is 1. The number of anilines is 2. The van der Waals surface area contributed by atoms with Crippen LogP contribution in [0.3, 0.4) is 0 Å². The third-order valence-corrected chi connectivity index (χ3v) is 7.16.